The SMILES string of the molecule is COC(C(=O)N1CCC(Nc2cccc(C(=O)O)c2)CC1)C1CCCO1. The van der Waals surface area contributed by atoms with Crippen LogP contribution in [0.1, 0.15) is 36.0 Å². The number of piperidine rings is 1. The Labute approximate surface area is 153 Å². The van der Waals surface area contributed by atoms with Crippen molar-refractivity contribution < 1.29 is 24.2 Å². The van der Waals surface area contributed by atoms with Crippen LogP contribution in [0.2, 0.25) is 0 Å². The van der Waals surface area contributed by atoms with E-state index >= 15 is 0 Å². The van der Waals surface area contributed by atoms with Crippen molar-refractivity contribution in [3.8, 4) is 0 Å². The Morgan fingerprint density at radius 2 is 2.08 bits per heavy atom. The number of hydrogen-bond acceptors (Lipinski definition) is 5. The van der Waals surface area contributed by atoms with E-state index in [0.29, 0.717) is 19.7 Å². The quantitative estimate of drug-likeness (QED) is 0.805. The number of nitrogens with one attached hydrogen (secondary N) is 1. The Morgan fingerprint density at radius 3 is 2.69 bits per heavy atom. The molecule has 2 heterocycles. The summed E-state index contributed by atoms with van der Waals surface area (Å²) in [6.45, 7) is 2.00. The third kappa shape index (κ3) is 4.34. The van der Waals surface area contributed by atoms with Crippen molar-refractivity contribution in [3.63, 3.8) is 0 Å². The molecule has 2 unspecified atom stereocenters. The minimum absolute atomic E-state index is 0.00530. The molecule has 2 aliphatic rings. The normalized spacial score (nSPS) is 22.2. The van der Waals surface area contributed by atoms with Crippen LogP contribution in [0.15, 0.2) is 24.3 Å². The number of carbonyl (C=O) groups is 2. The van der Waals surface area contributed by atoms with E-state index in [1.54, 1.807) is 25.3 Å². The highest BCUT2D eigenvalue weighted by Crippen LogP contribution is 2.22. The van der Waals surface area contributed by atoms with E-state index in [1.807, 2.05) is 11.0 Å². The molecule has 2 atom stereocenters. The zero-order valence-corrected chi connectivity index (χ0v) is 15.0. The molecule has 142 valence electrons. The van der Waals surface area contributed by atoms with Crippen LogP contribution in [-0.2, 0) is 14.3 Å². The number of ether oxygens (including phenoxy) is 2. The fraction of sp³-hybridized carbons (Fsp3) is 0.579. The third-order valence-electron chi connectivity index (χ3n) is 5.09. The highest BCUT2D eigenvalue weighted by Gasteiger charge is 2.35. The molecule has 7 nitrogen and oxygen atoms in total. The Hall–Kier alpha value is -2.12. The number of carbonyl (C=O) groups excluding carboxylic acids is 1. The molecule has 2 saturated heterocycles. The summed E-state index contributed by atoms with van der Waals surface area (Å²) in [5.74, 6) is -0.931. The maximum atomic E-state index is 12.7. The molecular formula is C19H26N2O5. The summed E-state index contributed by atoms with van der Waals surface area (Å²) in [7, 11) is 1.56. The lowest BCUT2D eigenvalue weighted by molar-refractivity contribution is -0.150. The molecule has 2 fully saturated rings. The van der Waals surface area contributed by atoms with Gasteiger partial charge < -0.3 is 24.8 Å². The molecule has 0 aromatic heterocycles. The maximum Gasteiger partial charge on any atom is 0.335 e. The number of carboxylic acids is 1. The average molecular weight is 362 g/mol. The number of aromatic carboxylic acids is 1. The van der Waals surface area contributed by atoms with Crippen molar-refractivity contribution in [2.45, 2.75) is 43.9 Å². The lowest BCUT2D eigenvalue weighted by Crippen LogP contribution is -2.50. The van der Waals surface area contributed by atoms with Crippen molar-refractivity contribution >= 4 is 17.6 Å². The van der Waals surface area contributed by atoms with E-state index in [1.165, 1.54) is 0 Å². The minimum Gasteiger partial charge on any atom is -0.478 e. The predicted octanol–water partition coefficient (Wildman–Crippen LogP) is 1.98. The van der Waals surface area contributed by atoms with E-state index in [4.69, 9.17) is 14.6 Å². The van der Waals surface area contributed by atoms with Gasteiger partial charge in [0.15, 0.2) is 6.10 Å². The van der Waals surface area contributed by atoms with Gasteiger partial charge in [-0.15, -0.1) is 0 Å². The molecule has 1 amide bonds. The zero-order chi connectivity index (χ0) is 18.5. The standard InChI is InChI=1S/C19H26N2O5/c1-25-17(16-6-3-11-26-16)18(22)21-9-7-14(8-10-21)20-15-5-2-4-13(12-15)19(23)24/h2,4-5,12,14,16-17,20H,3,6-11H2,1H3,(H,23,24). The van der Waals surface area contributed by atoms with Crippen LogP contribution >= 0.6 is 0 Å². The second kappa shape index (κ2) is 8.51. The van der Waals surface area contributed by atoms with E-state index in [0.717, 1.165) is 31.4 Å². The van der Waals surface area contributed by atoms with Crippen molar-refractivity contribution in [1.29, 1.82) is 0 Å². The summed E-state index contributed by atoms with van der Waals surface area (Å²) in [5, 5.41) is 12.5. The van der Waals surface area contributed by atoms with Gasteiger partial charge in [0.25, 0.3) is 5.91 Å². The number of nitrogens with zero attached hydrogens (tertiary/aromatic N) is 1. The van der Waals surface area contributed by atoms with Crippen molar-refractivity contribution in [2.24, 2.45) is 0 Å². The number of carboxylic acid groups (broad SMARTS) is 1. The summed E-state index contributed by atoms with van der Waals surface area (Å²) >= 11 is 0. The van der Waals surface area contributed by atoms with Crippen LogP contribution in [0.3, 0.4) is 0 Å². The number of benzene rings is 1. The first kappa shape index (κ1) is 18.7. The molecule has 26 heavy (non-hydrogen) atoms. The lowest BCUT2D eigenvalue weighted by atomic mass is 10.0. The van der Waals surface area contributed by atoms with Crippen LogP contribution < -0.4 is 5.32 Å². The van der Waals surface area contributed by atoms with Crippen molar-refractivity contribution in [3.05, 3.63) is 29.8 Å². The van der Waals surface area contributed by atoms with Gasteiger partial charge in [-0.1, -0.05) is 6.07 Å². The number of anilines is 1. The largest absolute Gasteiger partial charge is 0.478 e. The molecule has 3 rings (SSSR count). The number of hydrogen-bond donors (Lipinski definition) is 2. The number of rotatable bonds is 6. The van der Waals surface area contributed by atoms with E-state index < -0.39 is 12.1 Å². The van der Waals surface area contributed by atoms with Gasteiger partial charge in [-0.25, -0.2) is 4.79 Å². The highest BCUT2D eigenvalue weighted by molar-refractivity contribution is 5.88. The first-order chi connectivity index (χ1) is 12.6. The smallest absolute Gasteiger partial charge is 0.335 e. The van der Waals surface area contributed by atoms with Crippen LogP contribution in [0.25, 0.3) is 0 Å². The van der Waals surface area contributed by atoms with Gasteiger partial charge in [0.05, 0.1) is 11.7 Å². The van der Waals surface area contributed by atoms with Gasteiger partial charge >= 0.3 is 5.97 Å². The molecule has 2 aliphatic heterocycles. The Bertz CT molecular complexity index is 637. The molecule has 7 heteroatoms. The second-order valence-electron chi connectivity index (χ2n) is 6.84. The fourth-order valence-corrected chi connectivity index (χ4v) is 3.65. The topological polar surface area (TPSA) is 88.1 Å². The lowest BCUT2D eigenvalue weighted by Gasteiger charge is -2.35. The molecule has 0 aliphatic carbocycles. The molecule has 0 radical (unpaired) electrons. The first-order valence-electron chi connectivity index (χ1n) is 9.11. The van der Waals surface area contributed by atoms with Gasteiger partial charge in [0.1, 0.15) is 0 Å². The summed E-state index contributed by atoms with van der Waals surface area (Å²) in [4.78, 5) is 25.7. The number of likely N-dealkylation sites (tertiary alicyclic amines) is 1. The first-order valence-corrected chi connectivity index (χ1v) is 9.11. The molecule has 1 aromatic carbocycles. The number of amides is 1. The maximum absolute atomic E-state index is 12.7. The average Bonchev–Trinajstić information content (AvgIpc) is 3.17. The minimum atomic E-state index is -0.936. The molecule has 2 N–H and O–H groups in total. The van der Waals surface area contributed by atoms with Gasteiger partial charge in [-0.05, 0) is 43.9 Å². The zero-order valence-electron chi connectivity index (χ0n) is 15.0. The monoisotopic (exact) mass is 362 g/mol. The fourth-order valence-electron chi connectivity index (χ4n) is 3.65. The molecular weight excluding hydrogens is 336 g/mol. The van der Waals surface area contributed by atoms with Gasteiger partial charge in [-0.3, -0.25) is 4.79 Å². The van der Waals surface area contributed by atoms with Crippen molar-refractivity contribution in [1.82, 2.24) is 4.90 Å². The predicted molar refractivity (Wildman–Crippen MR) is 96.4 cm³/mol. The van der Waals surface area contributed by atoms with Crippen LogP contribution in [-0.4, -0.2) is 66.9 Å². The second-order valence-corrected chi connectivity index (χ2v) is 6.84. The van der Waals surface area contributed by atoms with E-state index in [-0.39, 0.29) is 23.6 Å². The Morgan fingerprint density at radius 1 is 1.31 bits per heavy atom. The highest BCUT2D eigenvalue weighted by atomic mass is 16.5. The summed E-state index contributed by atoms with van der Waals surface area (Å²) in [6, 6.07) is 7.02. The summed E-state index contributed by atoms with van der Waals surface area (Å²) < 4.78 is 11.0. The Kier molecular flexibility index (Phi) is 6.11. The number of methoxy groups -OCH3 is 1. The van der Waals surface area contributed by atoms with Gasteiger partial charge in [0.2, 0.25) is 0 Å². The van der Waals surface area contributed by atoms with Crippen LogP contribution in [0.4, 0.5) is 5.69 Å². The summed E-state index contributed by atoms with van der Waals surface area (Å²) in [6.07, 6.45) is 2.80. The van der Waals surface area contributed by atoms with Crippen molar-refractivity contribution in [2.75, 3.05) is 32.1 Å². The van der Waals surface area contributed by atoms with E-state index in [2.05, 4.69) is 5.32 Å². The van der Waals surface area contributed by atoms with Crippen LogP contribution in [0, 0.1) is 0 Å². The molecule has 0 bridgehead atoms. The van der Waals surface area contributed by atoms with Gasteiger partial charge in [0, 0.05) is 38.5 Å². The van der Waals surface area contributed by atoms with Crippen LogP contribution in [0.5, 0.6) is 0 Å². The molecule has 1 aromatic rings. The van der Waals surface area contributed by atoms with Gasteiger partial charge in [-0.2, -0.15) is 0 Å². The summed E-state index contributed by atoms with van der Waals surface area (Å²) in [5.41, 5.74) is 1.06. The Balaban J connectivity index is 1.53. The molecule has 0 saturated carbocycles. The third-order valence-corrected chi connectivity index (χ3v) is 5.09. The molecule has 0 spiro atoms. The van der Waals surface area contributed by atoms with E-state index in [9.17, 15) is 9.59 Å².